The van der Waals surface area contributed by atoms with Gasteiger partial charge in [-0.2, -0.15) is 0 Å². The van der Waals surface area contributed by atoms with Crippen molar-refractivity contribution < 1.29 is 9.47 Å². The van der Waals surface area contributed by atoms with Gasteiger partial charge in [0, 0.05) is 19.3 Å². The van der Waals surface area contributed by atoms with E-state index in [0.29, 0.717) is 12.1 Å². The van der Waals surface area contributed by atoms with Crippen LogP contribution >= 0.6 is 0 Å². The molecule has 0 spiro atoms. The topological polar surface area (TPSA) is 44.5 Å². The predicted molar refractivity (Wildman–Crippen MR) is 48.1 cm³/mol. The lowest BCUT2D eigenvalue weighted by Crippen LogP contribution is -2.17. The zero-order valence-corrected chi connectivity index (χ0v) is 7.79. The molecule has 1 aliphatic heterocycles. The molecule has 0 aromatic rings. The lowest BCUT2D eigenvalue weighted by molar-refractivity contribution is 0.0403. The summed E-state index contributed by atoms with van der Waals surface area (Å²) in [6.45, 7) is 4.49. The van der Waals surface area contributed by atoms with Crippen LogP contribution in [0, 0.1) is 0 Å². The molecule has 0 bridgehead atoms. The van der Waals surface area contributed by atoms with E-state index in [1.807, 2.05) is 6.92 Å². The SMILES string of the molecule is CC(N)CCCOC1CCOC1. The average molecular weight is 173 g/mol. The molecule has 12 heavy (non-hydrogen) atoms. The van der Waals surface area contributed by atoms with Crippen LogP contribution in [0.4, 0.5) is 0 Å². The van der Waals surface area contributed by atoms with Gasteiger partial charge in [-0.1, -0.05) is 0 Å². The van der Waals surface area contributed by atoms with Gasteiger partial charge in [0.1, 0.15) is 0 Å². The van der Waals surface area contributed by atoms with E-state index in [2.05, 4.69) is 0 Å². The summed E-state index contributed by atoms with van der Waals surface area (Å²) in [5.74, 6) is 0. The molecule has 0 saturated carbocycles. The van der Waals surface area contributed by atoms with E-state index in [1.165, 1.54) is 0 Å². The van der Waals surface area contributed by atoms with Crippen LogP contribution in [-0.2, 0) is 9.47 Å². The molecule has 0 amide bonds. The van der Waals surface area contributed by atoms with Crippen molar-refractivity contribution in [2.24, 2.45) is 5.73 Å². The second kappa shape index (κ2) is 5.51. The van der Waals surface area contributed by atoms with Crippen LogP contribution in [0.15, 0.2) is 0 Å². The van der Waals surface area contributed by atoms with Crippen LogP contribution in [0.3, 0.4) is 0 Å². The maximum Gasteiger partial charge on any atom is 0.0830 e. The first-order valence-electron chi connectivity index (χ1n) is 4.74. The fourth-order valence-electron chi connectivity index (χ4n) is 1.30. The van der Waals surface area contributed by atoms with Crippen LogP contribution in [0.1, 0.15) is 26.2 Å². The molecular weight excluding hydrogens is 154 g/mol. The molecule has 1 heterocycles. The first kappa shape index (κ1) is 9.96. The Morgan fingerprint density at radius 2 is 2.50 bits per heavy atom. The van der Waals surface area contributed by atoms with E-state index in [0.717, 1.165) is 39.1 Å². The summed E-state index contributed by atoms with van der Waals surface area (Å²) >= 11 is 0. The minimum absolute atomic E-state index is 0.299. The highest BCUT2D eigenvalue weighted by atomic mass is 16.5. The number of hydrogen-bond donors (Lipinski definition) is 1. The van der Waals surface area contributed by atoms with Crippen molar-refractivity contribution in [3.8, 4) is 0 Å². The third-order valence-corrected chi connectivity index (χ3v) is 2.05. The van der Waals surface area contributed by atoms with Crippen molar-refractivity contribution in [1.29, 1.82) is 0 Å². The molecule has 1 saturated heterocycles. The Labute approximate surface area is 74.2 Å². The molecule has 0 radical (unpaired) electrons. The normalized spacial score (nSPS) is 26.0. The van der Waals surface area contributed by atoms with Gasteiger partial charge in [0.25, 0.3) is 0 Å². The van der Waals surface area contributed by atoms with Crippen LogP contribution < -0.4 is 5.73 Å². The quantitative estimate of drug-likeness (QED) is 0.629. The Morgan fingerprint density at radius 3 is 3.08 bits per heavy atom. The first-order valence-corrected chi connectivity index (χ1v) is 4.74. The molecule has 1 rings (SSSR count). The van der Waals surface area contributed by atoms with Crippen LogP contribution in [0.2, 0.25) is 0 Å². The summed E-state index contributed by atoms with van der Waals surface area (Å²) in [7, 11) is 0. The molecule has 1 fully saturated rings. The van der Waals surface area contributed by atoms with Crippen molar-refractivity contribution >= 4 is 0 Å². The fourth-order valence-corrected chi connectivity index (χ4v) is 1.30. The summed E-state index contributed by atoms with van der Waals surface area (Å²) in [6, 6.07) is 0.299. The van der Waals surface area contributed by atoms with Crippen molar-refractivity contribution in [3.05, 3.63) is 0 Å². The molecule has 3 nitrogen and oxygen atoms in total. The molecule has 3 heteroatoms. The molecule has 0 aromatic heterocycles. The third kappa shape index (κ3) is 4.04. The largest absolute Gasteiger partial charge is 0.379 e. The van der Waals surface area contributed by atoms with E-state index in [4.69, 9.17) is 15.2 Å². The maximum absolute atomic E-state index is 5.61. The summed E-state index contributed by atoms with van der Waals surface area (Å²) in [6.07, 6.45) is 3.51. The zero-order valence-electron chi connectivity index (χ0n) is 7.79. The monoisotopic (exact) mass is 173 g/mol. The lowest BCUT2D eigenvalue weighted by atomic mass is 10.2. The standard InChI is InChI=1S/C9H19NO2/c1-8(10)3-2-5-12-9-4-6-11-7-9/h8-9H,2-7,10H2,1H3. The van der Waals surface area contributed by atoms with Gasteiger partial charge in [-0.15, -0.1) is 0 Å². The minimum Gasteiger partial charge on any atom is -0.379 e. The predicted octanol–water partition coefficient (Wildman–Crippen LogP) is 0.919. The first-order chi connectivity index (χ1) is 5.79. The Kier molecular flexibility index (Phi) is 4.58. The smallest absolute Gasteiger partial charge is 0.0830 e. The van der Waals surface area contributed by atoms with Gasteiger partial charge in [0.2, 0.25) is 0 Å². The summed E-state index contributed by atoms with van der Waals surface area (Å²) in [4.78, 5) is 0. The summed E-state index contributed by atoms with van der Waals surface area (Å²) in [5, 5.41) is 0. The van der Waals surface area contributed by atoms with E-state index in [1.54, 1.807) is 0 Å². The Hall–Kier alpha value is -0.120. The van der Waals surface area contributed by atoms with Gasteiger partial charge in [0.05, 0.1) is 12.7 Å². The minimum atomic E-state index is 0.299. The summed E-state index contributed by atoms with van der Waals surface area (Å²) < 4.78 is 10.8. The number of rotatable bonds is 5. The number of nitrogens with two attached hydrogens (primary N) is 1. The van der Waals surface area contributed by atoms with Crippen molar-refractivity contribution in [2.75, 3.05) is 19.8 Å². The average Bonchev–Trinajstić information content (AvgIpc) is 2.49. The van der Waals surface area contributed by atoms with Crippen molar-refractivity contribution in [3.63, 3.8) is 0 Å². The zero-order chi connectivity index (χ0) is 8.81. The molecule has 0 aliphatic carbocycles. The number of ether oxygens (including phenoxy) is 2. The number of hydrogen-bond acceptors (Lipinski definition) is 3. The van der Waals surface area contributed by atoms with Crippen LogP contribution in [0.5, 0.6) is 0 Å². The van der Waals surface area contributed by atoms with Crippen LogP contribution in [0.25, 0.3) is 0 Å². The Balaban J connectivity index is 1.88. The van der Waals surface area contributed by atoms with E-state index >= 15 is 0 Å². The molecular formula is C9H19NO2. The molecule has 72 valence electrons. The van der Waals surface area contributed by atoms with Crippen LogP contribution in [-0.4, -0.2) is 32.0 Å². The third-order valence-electron chi connectivity index (χ3n) is 2.05. The molecule has 0 aromatic carbocycles. The fraction of sp³-hybridized carbons (Fsp3) is 1.00. The summed E-state index contributed by atoms with van der Waals surface area (Å²) in [5.41, 5.74) is 5.61. The lowest BCUT2D eigenvalue weighted by Gasteiger charge is -2.10. The highest BCUT2D eigenvalue weighted by molar-refractivity contribution is 4.63. The second-order valence-corrected chi connectivity index (χ2v) is 3.48. The molecule has 2 atom stereocenters. The van der Waals surface area contributed by atoms with E-state index in [-0.39, 0.29) is 0 Å². The van der Waals surface area contributed by atoms with Crippen molar-refractivity contribution in [1.82, 2.24) is 0 Å². The van der Waals surface area contributed by atoms with Gasteiger partial charge in [0.15, 0.2) is 0 Å². The molecule has 1 aliphatic rings. The molecule has 2 unspecified atom stereocenters. The van der Waals surface area contributed by atoms with Gasteiger partial charge in [-0.25, -0.2) is 0 Å². The van der Waals surface area contributed by atoms with E-state index < -0.39 is 0 Å². The highest BCUT2D eigenvalue weighted by Crippen LogP contribution is 2.08. The molecule has 2 N–H and O–H groups in total. The van der Waals surface area contributed by atoms with Gasteiger partial charge in [-0.3, -0.25) is 0 Å². The van der Waals surface area contributed by atoms with Gasteiger partial charge < -0.3 is 15.2 Å². The Bertz CT molecular complexity index is 111. The van der Waals surface area contributed by atoms with Gasteiger partial charge >= 0.3 is 0 Å². The van der Waals surface area contributed by atoms with E-state index in [9.17, 15) is 0 Å². The van der Waals surface area contributed by atoms with Gasteiger partial charge in [-0.05, 0) is 26.2 Å². The highest BCUT2D eigenvalue weighted by Gasteiger charge is 2.15. The second-order valence-electron chi connectivity index (χ2n) is 3.48. The van der Waals surface area contributed by atoms with Crippen molar-refractivity contribution in [2.45, 2.75) is 38.3 Å². The Morgan fingerprint density at radius 1 is 1.67 bits per heavy atom. The maximum atomic E-state index is 5.61.